The predicted octanol–water partition coefficient (Wildman–Crippen LogP) is 3.35. The van der Waals surface area contributed by atoms with Gasteiger partial charge in [-0.3, -0.25) is 4.79 Å². The highest BCUT2D eigenvalue weighted by atomic mass is 35.5. The highest BCUT2D eigenvalue weighted by Crippen LogP contribution is 2.22. The zero-order chi connectivity index (χ0) is 14.5. The van der Waals surface area contributed by atoms with Gasteiger partial charge in [0.2, 0.25) is 5.91 Å². The third-order valence-corrected chi connectivity index (χ3v) is 4.22. The van der Waals surface area contributed by atoms with E-state index >= 15 is 0 Å². The van der Waals surface area contributed by atoms with E-state index in [1.165, 1.54) is 0 Å². The lowest BCUT2D eigenvalue weighted by molar-refractivity contribution is -0.122. The monoisotopic (exact) mass is 309 g/mol. The highest BCUT2D eigenvalue weighted by Gasteiger charge is 2.17. The van der Waals surface area contributed by atoms with Crippen LogP contribution < -0.4 is 5.32 Å². The Kier molecular flexibility index (Phi) is 5.17. The minimum Gasteiger partial charge on any atom is -0.387 e. The van der Waals surface area contributed by atoms with Crippen LogP contribution in [0.1, 0.15) is 30.1 Å². The van der Waals surface area contributed by atoms with E-state index in [0.717, 1.165) is 5.56 Å². The molecule has 1 heterocycles. The number of amides is 1. The topological polar surface area (TPSA) is 49.3 Å². The highest BCUT2D eigenvalue weighted by molar-refractivity contribution is 7.08. The molecular weight excluding hydrogens is 294 g/mol. The van der Waals surface area contributed by atoms with Crippen LogP contribution in [0.3, 0.4) is 0 Å². The number of benzene rings is 1. The second-order valence-electron chi connectivity index (χ2n) is 4.56. The van der Waals surface area contributed by atoms with Gasteiger partial charge in [-0.05, 0) is 35.4 Å². The summed E-state index contributed by atoms with van der Waals surface area (Å²) in [6, 6.07) is 9.01. The van der Waals surface area contributed by atoms with Crippen molar-refractivity contribution in [1.82, 2.24) is 5.32 Å². The average Bonchev–Trinajstić information content (AvgIpc) is 2.98. The molecule has 2 unspecified atom stereocenters. The summed E-state index contributed by atoms with van der Waals surface area (Å²) in [6.45, 7) is 2.00. The van der Waals surface area contributed by atoms with Gasteiger partial charge in [0.15, 0.2) is 0 Å². The van der Waals surface area contributed by atoms with E-state index in [2.05, 4.69) is 5.32 Å². The molecule has 2 aromatic rings. The largest absolute Gasteiger partial charge is 0.387 e. The summed E-state index contributed by atoms with van der Waals surface area (Å²) in [6.07, 6.45) is -0.803. The van der Waals surface area contributed by atoms with Crippen LogP contribution in [0.5, 0.6) is 0 Å². The zero-order valence-corrected chi connectivity index (χ0v) is 12.6. The summed E-state index contributed by atoms with van der Waals surface area (Å²) in [7, 11) is 0. The Bertz CT molecular complexity index is 571. The smallest absolute Gasteiger partial charge is 0.227 e. The number of carbonyl (C=O) groups is 1. The van der Waals surface area contributed by atoms with Gasteiger partial charge in [0, 0.05) is 17.1 Å². The van der Waals surface area contributed by atoms with Crippen LogP contribution in [-0.2, 0) is 4.79 Å². The summed E-state index contributed by atoms with van der Waals surface area (Å²) < 4.78 is 0. The molecule has 0 saturated carbocycles. The Hall–Kier alpha value is -1.36. The fourth-order valence-corrected chi connectivity index (χ4v) is 2.89. The molecule has 0 bridgehead atoms. The Morgan fingerprint density at radius 3 is 2.80 bits per heavy atom. The maximum atomic E-state index is 12.0. The van der Waals surface area contributed by atoms with Crippen molar-refractivity contribution in [2.45, 2.75) is 18.9 Å². The Morgan fingerprint density at radius 2 is 2.15 bits per heavy atom. The lowest BCUT2D eigenvalue weighted by atomic mass is 10.0. The van der Waals surface area contributed by atoms with Crippen molar-refractivity contribution >= 4 is 28.8 Å². The second-order valence-corrected chi connectivity index (χ2v) is 5.75. The molecule has 0 fully saturated rings. The van der Waals surface area contributed by atoms with Gasteiger partial charge in [-0.2, -0.15) is 11.3 Å². The molecule has 20 heavy (non-hydrogen) atoms. The van der Waals surface area contributed by atoms with Gasteiger partial charge in [0.1, 0.15) is 0 Å². The third kappa shape index (κ3) is 3.60. The first-order valence-electron chi connectivity index (χ1n) is 6.32. The van der Waals surface area contributed by atoms with Gasteiger partial charge in [-0.15, -0.1) is 0 Å². The second kappa shape index (κ2) is 6.88. The maximum Gasteiger partial charge on any atom is 0.227 e. The van der Waals surface area contributed by atoms with Gasteiger partial charge in [0.05, 0.1) is 12.0 Å². The normalized spacial score (nSPS) is 13.8. The third-order valence-electron chi connectivity index (χ3n) is 3.17. The van der Waals surface area contributed by atoms with Crippen LogP contribution in [0, 0.1) is 0 Å². The summed E-state index contributed by atoms with van der Waals surface area (Å²) in [5.74, 6) is -0.325. The van der Waals surface area contributed by atoms with Crippen molar-refractivity contribution in [2.75, 3.05) is 6.54 Å². The number of rotatable bonds is 5. The van der Waals surface area contributed by atoms with Crippen LogP contribution in [0.4, 0.5) is 0 Å². The van der Waals surface area contributed by atoms with Crippen molar-refractivity contribution in [3.63, 3.8) is 0 Å². The summed E-state index contributed by atoms with van der Waals surface area (Å²) in [5, 5.41) is 17.2. The molecule has 1 aromatic heterocycles. The van der Waals surface area contributed by atoms with Crippen molar-refractivity contribution in [3.05, 3.63) is 57.2 Å². The summed E-state index contributed by atoms with van der Waals surface area (Å²) >= 11 is 7.57. The van der Waals surface area contributed by atoms with Gasteiger partial charge in [-0.1, -0.05) is 29.8 Å². The van der Waals surface area contributed by atoms with E-state index in [1.54, 1.807) is 35.6 Å². The van der Waals surface area contributed by atoms with E-state index in [1.807, 2.05) is 23.8 Å². The molecule has 5 heteroatoms. The minimum absolute atomic E-state index is 0.102. The van der Waals surface area contributed by atoms with Crippen molar-refractivity contribution in [2.24, 2.45) is 0 Å². The van der Waals surface area contributed by atoms with Crippen molar-refractivity contribution in [1.29, 1.82) is 0 Å². The molecule has 1 aromatic carbocycles. The average molecular weight is 310 g/mol. The van der Waals surface area contributed by atoms with Gasteiger partial charge < -0.3 is 10.4 Å². The molecular formula is C15H16ClNO2S. The molecule has 2 rings (SSSR count). The Morgan fingerprint density at radius 1 is 1.40 bits per heavy atom. The molecule has 2 N–H and O–H groups in total. The minimum atomic E-state index is -0.803. The lowest BCUT2D eigenvalue weighted by Gasteiger charge is -2.16. The molecule has 0 aliphatic heterocycles. The number of hydrogen-bond acceptors (Lipinski definition) is 3. The number of carbonyl (C=O) groups excluding carboxylic acids is 1. The number of hydrogen-bond donors (Lipinski definition) is 2. The first kappa shape index (κ1) is 15.0. The molecule has 0 aliphatic rings. The van der Waals surface area contributed by atoms with E-state index < -0.39 is 6.10 Å². The van der Waals surface area contributed by atoms with Crippen LogP contribution >= 0.6 is 22.9 Å². The summed E-state index contributed by atoms with van der Waals surface area (Å²) in [5.41, 5.74) is 1.61. The zero-order valence-electron chi connectivity index (χ0n) is 11.0. The molecule has 3 nitrogen and oxygen atoms in total. The molecule has 2 atom stereocenters. The number of nitrogens with one attached hydrogen (secondary N) is 1. The molecule has 0 radical (unpaired) electrons. The van der Waals surface area contributed by atoms with E-state index in [-0.39, 0.29) is 18.4 Å². The maximum absolute atomic E-state index is 12.0. The number of thiophene rings is 1. The predicted molar refractivity (Wildman–Crippen MR) is 82.2 cm³/mol. The molecule has 0 spiro atoms. The molecule has 106 valence electrons. The van der Waals surface area contributed by atoms with E-state index in [9.17, 15) is 9.90 Å². The standard InChI is InChI=1S/C15H16ClNO2S/c1-10(11-6-7-20-9-11)15(19)17-8-14(18)12-4-2-3-5-13(12)16/h2-7,9-10,14,18H,8H2,1H3,(H,17,19). The van der Waals surface area contributed by atoms with Gasteiger partial charge >= 0.3 is 0 Å². The first-order chi connectivity index (χ1) is 9.59. The lowest BCUT2D eigenvalue weighted by Crippen LogP contribution is -2.31. The fraction of sp³-hybridized carbons (Fsp3) is 0.267. The number of halogens is 1. The van der Waals surface area contributed by atoms with Crippen molar-refractivity contribution in [3.8, 4) is 0 Å². The molecule has 0 aliphatic carbocycles. The van der Waals surface area contributed by atoms with E-state index in [0.29, 0.717) is 10.6 Å². The van der Waals surface area contributed by atoms with Crippen molar-refractivity contribution < 1.29 is 9.90 Å². The Labute approximate surface area is 127 Å². The van der Waals surface area contributed by atoms with Crippen LogP contribution in [0.25, 0.3) is 0 Å². The summed E-state index contributed by atoms with van der Waals surface area (Å²) in [4.78, 5) is 12.0. The number of aliphatic hydroxyl groups is 1. The van der Waals surface area contributed by atoms with Crippen LogP contribution in [-0.4, -0.2) is 17.6 Å². The first-order valence-corrected chi connectivity index (χ1v) is 7.64. The molecule has 0 saturated heterocycles. The van der Waals surface area contributed by atoms with Crippen LogP contribution in [0.2, 0.25) is 5.02 Å². The molecule has 1 amide bonds. The van der Waals surface area contributed by atoms with Gasteiger partial charge in [-0.25, -0.2) is 0 Å². The fourth-order valence-electron chi connectivity index (χ4n) is 1.88. The van der Waals surface area contributed by atoms with E-state index in [4.69, 9.17) is 11.6 Å². The SMILES string of the molecule is CC(C(=O)NCC(O)c1ccccc1Cl)c1ccsc1. The van der Waals surface area contributed by atoms with Crippen LogP contribution in [0.15, 0.2) is 41.1 Å². The quantitative estimate of drug-likeness (QED) is 0.890. The Balaban J connectivity index is 1.92. The van der Waals surface area contributed by atoms with Gasteiger partial charge in [0.25, 0.3) is 0 Å². The number of aliphatic hydroxyl groups excluding tert-OH is 1.